The van der Waals surface area contributed by atoms with Crippen LogP contribution in [0.4, 0.5) is 4.79 Å². The quantitative estimate of drug-likeness (QED) is 0.815. The lowest BCUT2D eigenvalue weighted by Crippen LogP contribution is -2.54. The molecule has 0 aromatic carbocycles. The smallest absolute Gasteiger partial charge is 0.410 e. The van der Waals surface area contributed by atoms with Crippen LogP contribution in [0.5, 0.6) is 0 Å². The first-order chi connectivity index (χ1) is 9.24. The van der Waals surface area contributed by atoms with E-state index in [0.717, 1.165) is 25.7 Å². The average Bonchev–Trinajstić information content (AvgIpc) is 2.36. The van der Waals surface area contributed by atoms with Crippen molar-refractivity contribution in [2.45, 2.75) is 64.1 Å². The number of nitrogens with zero attached hydrogens (tertiary/aromatic N) is 1. The van der Waals surface area contributed by atoms with Gasteiger partial charge in [-0.3, -0.25) is 4.79 Å². The fourth-order valence-electron chi connectivity index (χ4n) is 2.46. The predicted molar refractivity (Wildman–Crippen MR) is 78.9 cm³/mol. The van der Waals surface area contributed by atoms with Gasteiger partial charge in [0.05, 0.1) is 6.04 Å². The predicted octanol–water partition coefficient (Wildman–Crippen LogP) is 2.52. The Morgan fingerprint density at radius 2 is 1.90 bits per heavy atom. The van der Waals surface area contributed by atoms with Crippen molar-refractivity contribution >= 4 is 23.6 Å². The molecule has 116 valence electrons. The highest BCUT2D eigenvalue weighted by Gasteiger charge is 2.33. The normalized spacial score (nSPS) is 23.1. The molecule has 1 saturated carbocycles. The van der Waals surface area contributed by atoms with Gasteiger partial charge >= 0.3 is 6.09 Å². The van der Waals surface area contributed by atoms with Gasteiger partial charge in [0.2, 0.25) is 5.91 Å². The number of likely N-dealkylation sites (N-methyl/N-ethyl adjacent to an activating group) is 1. The zero-order chi connectivity index (χ0) is 15.3. The van der Waals surface area contributed by atoms with Gasteiger partial charge in [0.1, 0.15) is 11.5 Å². The number of amides is 2. The minimum Gasteiger partial charge on any atom is -0.444 e. The fourth-order valence-corrected chi connectivity index (χ4v) is 2.54. The van der Waals surface area contributed by atoms with Gasteiger partial charge < -0.3 is 15.0 Å². The number of hydrogen-bond acceptors (Lipinski definition) is 3. The van der Waals surface area contributed by atoms with Crippen molar-refractivity contribution in [1.82, 2.24) is 10.2 Å². The van der Waals surface area contributed by atoms with Crippen LogP contribution in [0, 0.1) is 0 Å². The number of nitrogens with one attached hydrogen (secondary N) is 1. The topological polar surface area (TPSA) is 58.6 Å². The number of hydrogen-bond donors (Lipinski definition) is 1. The summed E-state index contributed by atoms with van der Waals surface area (Å²) in [6.07, 6.45) is 3.47. The molecule has 6 heteroatoms. The van der Waals surface area contributed by atoms with E-state index in [9.17, 15) is 9.59 Å². The maximum atomic E-state index is 12.1. The Hall–Kier alpha value is -0.970. The van der Waals surface area contributed by atoms with Gasteiger partial charge in [-0.1, -0.05) is 12.8 Å². The third kappa shape index (κ3) is 5.19. The third-order valence-electron chi connectivity index (χ3n) is 3.38. The highest BCUT2D eigenvalue weighted by atomic mass is 35.5. The molecule has 0 heterocycles. The molecule has 0 bridgehead atoms. The van der Waals surface area contributed by atoms with Crippen molar-refractivity contribution in [2.75, 3.05) is 12.9 Å². The molecule has 0 saturated heterocycles. The molecule has 2 atom stereocenters. The number of halogens is 1. The molecule has 0 radical (unpaired) electrons. The largest absolute Gasteiger partial charge is 0.444 e. The van der Waals surface area contributed by atoms with Gasteiger partial charge in [-0.2, -0.15) is 0 Å². The van der Waals surface area contributed by atoms with E-state index in [-0.39, 0.29) is 30.0 Å². The summed E-state index contributed by atoms with van der Waals surface area (Å²) in [5, 5.41) is 2.90. The van der Waals surface area contributed by atoms with Crippen molar-refractivity contribution < 1.29 is 14.3 Å². The molecule has 1 aliphatic rings. The molecule has 2 amide bonds. The zero-order valence-electron chi connectivity index (χ0n) is 12.7. The molecular formula is C14H25ClN2O3. The summed E-state index contributed by atoms with van der Waals surface area (Å²) in [6, 6.07) is -0.0849. The van der Waals surface area contributed by atoms with Crippen molar-refractivity contribution in [1.29, 1.82) is 0 Å². The number of carbonyl (C=O) groups is 2. The highest BCUT2D eigenvalue weighted by molar-refractivity contribution is 6.27. The van der Waals surface area contributed by atoms with E-state index in [1.54, 1.807) is 11.9 Å². The Labute approximate surface area is 126 Å². The summed E-state index contributed by atoms with van der Waals surface area (Å²) in [7, 11) is 1.73. The molecule has 0 aromatic rings. The molecule has 0 unspecified atom stereocenters. The summed E-state index contributed by atoms with van der Waals surface area (Å²) >= 11 is 5.53. The molecule has 20 heavy (non-hydrogen) atoms. The van der Waals surface area contributed by atoms with E-state index >= 15 is 0 Å². The summed E-state index contributed by atoms with van der Waals surface area (Å²) < 4.78 is 5.38. The van der Waals surface area contributed by atoms with E-state index in [1.807, 2.05) is 20.8 Å². The summed E-state index contributed by atoms with van der Waals surface area (Å²) in [6.45, 7) is 5.52. The molecule has 1 aliphatic carbocycles. The van der Waals surface area contributed by atoms with Crippen LogP contribution in [0.25, 0.3) is 0 Å². The average molecular weight is 305 g/mol. The number of ether oxygens (including phenoxy) is 1. The minimum absolute atomic E-state index is 0.0363. The maximum Gasteiger partial charge on any atom is 0.410 e. The van der Waals surface area contributed by atoms with Crippen molar-refractivity contribution in [3.05, 3.63) is 0 Å². The second-order valence-electron chi connectivity index (χ2n) is 6.25. The van der Waals surface area contributed by atoms with Crippen LogP contribution < -0.4 is 5.32 Å². The van der Waals surface area contributed by atoms with Gasteiger partial charge in [-0.05, 0) is 33.6 Å². The Morgan fingerprint density at radius 3 is 2.45 bits per heavy atom. The van der Waals surface area contributed by atoms with Crippen LogP contribution in [-0.2, 0) is 9.53 Å². The molecule has 0 aliphatic heterocycles. The number of carbonyl (C=O) groups excluding carboxylic acids is 2. The van der Waals surface area contributed by atoms with E-state index < -0.39 is 5.60 Å². The van der Waals surface area contributed by atoms with E-state index in [0.29, 0.717) is 0 Å². The highest BCUT2D eigenvalue weighted by Crippen LogP contribution is 2.24. The van der Waals surface area contributed by atoms with Crippen LogP contribution in [0.1, 0.15) is 46.5 Å². The molecule has 5 nitrogen and oxygen atoms in total. The molecule has 1 N–H and O–H groups in total. The van der Waals surface area contributed by atoms with Crippen molar-refractivity contribution in [2.24, 2.45) is 0 Å². The first kappa shape index (κ1) is 17.1. The molecule has 1 fully saturated rings. The SMILES string of the molecule is CN(C(=O)OC(C)(C)C)[C@H]1CCCC[C@@H]1NC(=O)CCl. The van der Waals surface area contributed by atoms with Gasteiger partial charge in [0, 0.05) is 13.1 Å². The van der Waals surface area contributed by atoms with Crippen LogP contribution in [-0.4, -0.2) is 47.5 Å². The second-order valence-corrected chi connectivity index (χ2v) is 6.52. The zero-order valence-corrected chi connectivity index (χ0v) is 13.5. The molecular weight excluding hydrogens is 280 g/mol. The lowest BCUT2D eigenvalue weighted by Gasteiger charge is -2.38. The Bertz CT molecular complexity index is 355. The van der Waals surface area contributed by atoms with Crippen LogP contribution in [0.3, 0.4) is 0 Å². The Kier molecular flexibility index (Phi) is 6.11. The number of alkyl halides is 1. The van der Waals surface area contributed by atoms with Crippen molar-refractivity contribution in [3.8, 4) is 0 Å². The minimum atomic E-state index is -0.519. The van der Waals surface area contributed by atoms with Gasteiger partial charge in [-0.15, -0.1) is 11.6 Å². The van der Waals surface area contributed by atoms with E-state index in [1.165, 1.54) is 0 Å². The monoisotopic (exact) mass is 304 g/mol. The maximum absolute atomic E-state index is 12.1. The van der Waals surface area contributed by atoms with Crippen LogP contribution >= 0.6 is 11.6 Å². The summed E-state index contributed by atoms with van der Waals surface area (Å²) in [4.78, 5) is 25.2. The summed E-state index contributed by atoms with van der Waals surface area (Å²) in [5.74, 6) is -0.250. The standard InChI is InChI=1S/C14H25ClN2O3/c1-14(2,3)20-13(19)17(4)11-8-6-5-7-10(11)16-12(18)9-15/h10-11H,5-9H2,1-4H3,(H,16,18)/t10-,11-/m0/s1. The lowest BCUT2D eigenvalue weighted by molar-refractivity contribution is -0.120. The molecule has 0 aromatic heterocycles. The third-order valence-corrected chi connectivity index (χ3v) is 3.62. The van der Waals surface area contributed by atoms with Crippen LogP contribution in [0.15, 0.2) is 0 Å². The lowest BCUT2D eigenvalue weighted by atomic mass is 9.89. The van der Waals surface area contributed by atoms with Crippen LogP contribution in [0.2, 0.25) is 0 Å². The van der Waals surface area contributed by atoms with Crippen molar-refractivity contribution in [3.63, 3.8) is 0 Å². The van der Waals surface area contributed by atoms with Gasteiger partial charge in [0.15, 0.2) is 0 Å². The second kappa shape index (κ2) is 7.16. The first-order valence-electron chi connectivity index (χ1n) is 7.05. The Morgan fingerprint density at radius 1 is 1.30 bits per heavy atom. The van der Waals surface area contributed by atoms with Gasteiger partial charge in [0.25, 0.3) is 0 Å². The summed E-state index contributed by atoms with van der Waals surface area (Å²) in [5.41, 5.74) is -0.519. The number of rotatable bonds is 3. The fraction of sp³-hybridized carbons (Fsp3) is 0.857. The first-order valence-corrected chi connectivity index (χ1v) is 7.59. The Balaban J connectivity index is 2.68. The molecule has 0 spiro atoms. The van der Waals surface area contributed by atoms with Gasteiger partial charge in [-0.25, -0.2) is 4.79 Å². The molecule has 1 rings (SSSR count). The van der Waals surface area contributed by atoms with E-state index in [4.69, 9.17) is 16.3 Å². The van der Waals surface area contributed by atoms with E-state index in [2.05, 4.69) is 5.32 Å².